The smallest absolute Gasteiger partial charge is 0.182 e. The van der Waals surface area contributed by atoms with Crippen molar-refractivity contribution < 1.29 is 4.79 Å². The van der Waals surface area contributed by atoms with E-state index >= 15 is 0 Å². The Morgan fingerprint density at radius 3 is 2.55 bits per heavy atom. The Morgan fingerprint density at radius 2 is 2.00 bits per heavy atom. The van der Waals surface area contributed by atoms with Gasteiger partial charge in [0.2, 0.25) is 0 Å². The van der Waals surface area contributed by atoms with Gasteiger partial charge in [0.05, 0.1) is 5.38 Å². The predicted octanol–water partition coefficient (Wildman–Crippen LogP) is 4.91. The number of aryl methyl sites for hydroxylation is 1. The van der Waals surface area contributed by atoms with Gasteiger partial charge in [-0.15, -0.1) is 11.6 Å². The summed E-state index contributed by atoms with van der Waals surface area (Å²) in [4.78, 5) is 12.2. The van der Waals surface area contributed by atoms with Gasteiger partial charge in [-0.05, 0) is 57.9 Å². The van der Waals surface area contributed by atoms with E-state index in [1.807, 2.05) is 6.07 Å². The first kappa shape index (κ1) is 15.6. The lowest BCUT2D eigenvalue weighted by molar-refractivity contribution is 0.0990. The highest BCUT2D eigenvalue weighted by Gasteiger charge is 2.30. The van der Waals surface area contributed by atoms with E-state index in [0.717, 1.165) is 17.2 Å². The minimum Gasteiger partial charge on any atom is -0.345 e. The first-order valence-electron chi connectivity index (χ1n) is 7.69. The molecule has 1 saturated carbocycles. The third kappa shape index (κ3) is 2.81. The number of nitrogens with zero attached hydrogens (tertiary/aromatic N) is 1. The molecule has 1 aliphatic carbocycles. The van der Waals surface area contributed by atoms with Gasteiger partial charge in [0, 0.05) is 23.0 Å². The summed E-state index contributed by atoms with van der Waals surface area (Å²) in [7, 11) is 0. The number of aromatic nitrogens is 1. The molecule has 112 valence electrons. The van der Waals surface area contributed by atoms with Gasteiger partial charge in [-0.1, -0.05) is 13.8 Å². The number of hydrogen-bond donors (Lipinski definition) is 0. The molecule has 0 saturated heterocycles. The van der Waals surface area contributed by atoms with Gasteiger partial charge in [-0.3, -0.25) is 4.79 Å². The lowest BCUT2D eigenvalue weighted by Gasteiger charge is -2.35. The number of rotatable bonds is 3. The summed E-state index contributed by atoms with van der Waals surface area (Å²) in [6.45, 7) is 10.6. The summed E-state index contributed by atoms with van der Waals surface area (Å²) in [5.41, 5.74) is 3.08. The molecule has 4 unspecified atom stereocenters. The monoisotopic (exact) mass is 295 g/mol. The minimum absolute atomic E-state index is 0.0443. The number of carbonyl (C=O) groups is 1. The Kier molecular flexibility index (Phi) is 4.63. The second-order valence-corrected chi connectivity index (χ2v) is 7.25. The number of Topliss-reactive ketones (excluding diaryl/α,β-unsaturated/α-hetero) is 1. The highest BCUT2D eigenvalue weighted by atomic mass is 35.5. The minimum atomic E-state index is -0.451. The van der Waals surface area contributed by atoms with E-state index in [4.69, 9.17) is 11.6 Å². The highest BCUT2D eigenvalue weighted by Crippen LogP contribution is 2.39. The van der Waals surface area contributed by atoms with Gasteiger partial charge in [0.1, 0.15) is 0 Å². The standard InChI is InChI=1S/C17H26ClNO/c1-10-6-7-16(11(2)8-10)19-12(3)9-15(14(19)5)17(20)13(4)18/h9-11,13,16H,6-8H2,1-5H3. The largest absolute Gasteiger partial charge is 0.345 e. The molecule has 0 spiro atoms. The van der Waals surface area contributed by atoms with Crippen molar-refractivity contribution in [3.05, 3.63) is 23.0 Å². The Labute approximate surface area is 127 Å². The quantitative estimate of drug-likeness (QED) is 0.573. The molecule has 1 aromatic heterocycles. The van der Waals surface area contributed by atoms with Crippen LogP contribution in [-0.2, 0) is 0 Å². The lowest BCUT2D eigenvalue weighted by atomic mass is 9.79. The Bertz CT molecular complexity index is 503. The number of hydrogen-bond acceptors (Lipinski definition) is 1. The van der Waals surface area contributed by atoms with E-state index in [9.17, 15) is 4.79 Å². The van der Waals surface area contributed by atoms with Gasteiger partial charge in [0.15, 0.2) is 5.78 Å². The molecule has 0 N–H and O–H groups in total. The fourth-order valence-corrected chi connectivity index (χ4v) is 3.90. The predicted molar refractivity (Wildman–Crippen MR) is 84.8 cm³/mol. The van der Waals surface area contributed by atoms with Crippen molar-refractivity contribution in [3.63, 3.8) is 0 Å². The van der Waals surface area contributed by atoms with E-state index in [2.05, 4.69) is 32.3 Å². The molecule has 0 radical (unpaired) electrons. The Morgan fingerprint density at radius 1 is 1.35 bits per heavy atom. The number of alkyl halides is 1. The topological polar surface area (TPSA) is 22.0 Å². The average Bonchev–Trinajstić information content (AvgIpc) is 2.65. The van der Waals surface area contributed by atoms with Crippen LogP contribution in [-0.4, -0.2) is 15.7 Å². The van der Waals surface area contributed by atoms with Crippen LogP contribution in [0.1, 0.15) is 67.8 Å². The van der Waals surface area contributed by atoms with Crippen molar-refractivity contribution in [1.29, 1.82) is 0 Å². The first-order valence-corrected chi connectivity index (χ1v) is 8.13. The number of halogens is 1. The molecule has 0 aromatic carbocycles. The zero-order chi connectivity index (χ0) is 15.0. The molecule has 2 rings (SSSR count). The maximum absolute atomic E-state index is 12.2. The SMILES string of the molecule is Cc1cc(C(=O)C(C)Cl)c(C)n1C1CCC(C)CC1C. The summed E-state index contributed by atoms with van der Waals surface area (Å²) in [5.74, 6) is 1.53. The number of ketones is 1. The second-order valence-electron chi connectivity index (χ2n) is 6.60. The summed E-state index contributed by atoms with van der Waals surface area (Å²) in [6, 6.07) is 2.54. The van der Waals surface area contributed by atoms with E-state index < -0.39 is 5.38 Å². The zero-order valence-electron chi connectivity index (χ0n) is 13.2. The molecular formula is C17H26ClNO. The average molecular weight is 296 g/mol. The summed E-state index contributed by atoms with van der Waals surface area (Å²) < 4.78 is 2.38. The summed E-state index contributed by atoms with van der Waals surface area (Å²) in [5, 5.41) is -0.451. The third-order valence-electron chi connectivity index (χ3n) is 4.83. The highest BCUT2D eigenvalue weighted by molar-refractivity contribution is 6.33. The van der Waals surface area contributed by atoms with Crippen LogP contribution < -0.4 is 0 Å². The molecule has 3 heteroatoms. The van der Waals surface area contributed by atoms with Gasteiger partial charge < -0.3 is 4.57 Å². The van der Waals surface area contributed by atoms with Crippen LogP contribution in [0, 0.1) is 25.7 Å². The zero-order valence-corrected chi connectivity index (χ0v) is 14.0. The van der Waals surface area contributed by atoms with Gasteiger partial charge >= 0.3 is 0 Å². The maximum atomic E-state index is 12.2. The number of carbonyl (C=O) groups excluding carboxylic acids is 1. The van der Waals surface area contributed by atoms with Gasteiger partial charge in [-0.25, -0.2) is 0 Å². The van der Waals surface area contributed by atoms with E-state index in [1.165, 1.54) is 25.0 Å². The van der Waals surface area contributed by atoms with Crippen molar-refractivity contribution >= 4 is 17.4 Å². The molecule has 0 amide bonds. The normalized spacial score (nSPS) is 28.4. The molecule has 1 aromatic rings. The van der Waals surface area contributed by atoms with E-state index in [1.54, 1.807) is 6.92 Å². The molecule has 0 bridgehead atoms. The summed E-state index contributed by atoms with van der Waals surface area (Å²) in [6.07, 6.45) is 3.76. The van der Waals surface area contributed by atoms with Crippen LogP contribution in [0.3, 0.4) is 0 Å². The third-order valence-corrected chi connectivity index (χ3v) is 5.03. The Balaban J connectivity index is 2.36. The van der Waals surface area contributed by atoms with E-state index in [-0.39, 0.29) is 5.78 Å². The van der Waals surface area contributed by atoms with Crippen LogP contribution in [0.15, 0.2) is 6.07 Å². The summed E-state index contributed by atoms with van der Waals surface area (Å²) >= 11 is 5.97. The fourth-order valence-electron chi connectivity index (χ4n) is 3.78. The molecule has 1 aliphatic rings. The molecule has 20 heavy (non-hydrogen) atoms. The van der Waals surface area contributed by atoms with Crippen molar-refractivity contribution in [2.45, 2.75) is 65.3 Å². The van der Waals surface area contributed by atoms with Crippen LogP contribution in [0.5, 0.6) is 0 Å². The maximum Gasteiger partial charge on any atom is 0.182 e. The molecule has 2 nitrogen and oxygen atoms in total. The molecule has 1 fully saturated rings. The van der Waals surface area contributed by atoms with Crippen LogP contribution in [0.2, 0.25) is 0 Å². The molecule has 1 heterocycles. The lowest BCUT2D eigenvalue weighted by Crippen LogP contribution is -2.26. The van der Waals surface area contributed by atoms with Gasteiger partial charge in [0.25, 0.3) is 0 Å². The van der Waals surface area contributed by atoms with Crippen molar-refractivity contribution in [2.24, 2.45) is 11.8 Å². The fraction of sp³-hybridized carbons (Fsp3) is 0.706. The van der Waals surface area contributed by atoms with Crippen molar-refractivity contribution in [3.8, 4) is 0 Å². The van der Waals surface area contributed by atoms with Crippen LogP contribution in [0.4, 0.5) is 0 Å². The van der Waals surface area contributed by atoms with Crippen LogP contribution >= 0.6 is 11.6 Å². The van der Waals surface area contributed by atoms with Gasteiger partial charge in [-0.2, -0.15) is 0 Å². The van der Waals surface area contributed by atoms with Crippen molar-refractivity contribution in [2.75, 3.05) is 0 Å². The first-order chi connectivity index (χ1) is 9.32. The Hall–Kier alpha value is -0.760. The molecular weight excluding hydrogens is 270 g/mol. The van der Waals surface area contributed by atoms with Crippen LogP contribution in [0.25, 0.3) is 0 Å². The molecule has 4 atom stereocenters. The van der Waals surface area contributed by atoms with Crippen molar-refractivity contribution in [1.82, 2.24) is 4.57 Å². The molecule has 0 aliphatic heterocycles. The van der Waals surface area contributed by atoms with E-state index in [0.29, 0.717) is 12.0 Å². The second kappa shape index (κ2) is 5.93.